The van der Waals surface area contributed by atoms with E-state index in [0.29, 0.717) is 5.56 Å². The van der Waals surface area contributed by atoms with Gasteiger partial charge in [-0.1, -0.05) is 36.0 Å². The zero-order chi connectivity index (χ0) is 19.2. The van der Waals surface area contributed by atoms with E-state index in [-0.39, 0.29) is 17.3 Å². The van der Waals surface area contributed by atoms with Crippen molar-refractivity contribution in [2.75, 3.05) is 5.75 Å². The second kappa shape index (κ2) is 8.45. The van der Waals surface area contributed by atoms with E-state index in [1.165, 1.54) is 30.1 Å². The Kier molecular flexibility index (Phi) is 5.82. The molecule has 0 atom stereocenters. The summed E-state index contributed by atoms with van der Waals surface area (Å²) >= 11 is 1.33. The molecule has 3 aromatic rings. The molecule has 0 aliphatic rings. The summed E-state index contributed by atoms with van der Waals surface area (Å²) in [7, 11) is 0. The number of carbonyl (C=O) groups is 1. The predicted octanol–water partition coefficient (Wildman–Crippen LogP) is 3.21. The number of thioether (sulfide) groups is 1. The van der Waals surface area contributed by atoms with E-state index in [2.05, 4.69) is 20.1 Å². The van der Waals surface area contributed by atoms with Gasteiger partial charge in [0.25, 0.3) is 11.6 Å². The van der Waals surface area contributed by atoms with E-state index in [9.17, 15) is 14.9 Å². The number of imidazole rings is 1. The van der Waals surface area contributed by atoms with Gasteiger partial charge in [-0.2, -0.15) is 5.10 Å². The van der Waals surface area contributed by atoms with Gasteiger partial charge >= 0.3 is 0 Å². The number of nitro groups is 1. The van der Waals surface area contributed by atoms with Crippen molar-refractivity contribution in [1.82, 2.24) is 15.0 Å². The molecule has 0 saturated carbocycles. The molecule has 0 saturated heterocycles. The predicted molar refractivity (Wildman–Crippen MR) is 105 cm³/mol. The van der Waals surface area contributed by atoms with Gasteiger partial charge in [-0.25, -0.2) is 10.4 Å². The molecular formula is C18H17N5O3S. The smallest absolute Gasteiger partial charge is 0.270 e. The lowest BCUT2D eigenvalue weighted by Gasteiger charge is -2.04. The Balaban J connectivity index is 1.59. The largest absolute Gasteiger partial charge is 0.319 e. The van der Waals surface area contributed by atoms with Crippen LogP contribution in [0.15, 0.2) is 58.8 Å². The lowest BCUT2D eigenvalue weighted by Crippen LogP contribution is -2.20. The van der Waals surface area contributed by atoms with Crippen LogP contribution in [0.1, 0.15) is 12.5 Å². The number of hydrazone groups is 1. The first kappa shape index (κ1) is 18.6. The highest BCUT2D eigenvalue weighted by Gasteiger charge is 2.11. The number of nitrogens with one attached hydrogen (secondary N) is 1. The number of amides is 1. The SMILES string of the molecule is CCn1c(SCC(=O)NN=Cc2cccc([N+](=O)[O-])c2)nc2ccccc21. The van der Waals surface area contributed by atoms with Crippen molar-refractivity contribution in [3.63, 3.8) is 0 Å². The number of non-ortho nitro benzene ring substituents is 1. The molecule has 8 nitrogen and oxygen atoms in total. The maximum atomic E-state index is 12.0. The summed E-state index contributed by atoms with van der Waals surface area (Å²) < 4.78 is 2.06. The van der Waals surface area contributed by atoms with Crippen molar-refractivity contribution >= 4 is 40.6 Å². The van der Waals surface area contributed by atoms with Crippen LogP contribution in [0.25, 0.3) is 11.0 Å². The second-order valence-electron chi connectivity index (χ2n) is 5.56. The molecule has 3 rings (SSSR count). The number of aromatic nitrogens is 2. The molecule has 1 heterocycles. The van der Waals surface area contributed by atoms with E-state index in [1.807, 2.05) is 31.2 Å². The number of hydrogen-bond acceptors (Lipinski definition) is 6. The van der Waals surface area contributed by atoms with Gasteiger partial charge < -0.3 is 4.57 Å². The van der Waals surface area contributed by atoms with Gasteiger partial charge in [0.15, 0.2) is 5.16 Å². The molecule has 0 radical (unpaired) electrons. The van der Waals surface area contributed by atoms with E-state index < -0.39 is 4.92 Å². The average molecular weight is 383 g/mol. The van der Waals surface area contributed by atoms with Gasteiger partial charge in [0.2, 0.25) is 0 Å². The third kappa shape index (κ3) is 4.50. The zero-order valence-corrected chi connectivity index (χ0v) is 15.3. The number of benzene rings is 2. The van der Waals surface area contributed by atoms with Crippen LogP contribution >= 0.6 is 11.8 Å². The molecule has 1 amide bonds. The van der Waals surface area contributed by atoms with Crippen molar-refractivity contribution in [3.05, 3.63) is 64.2 Å². The van der Waals surface area contributed by atoms with Crippen LogP contribution in [0.2, 0.25) is 0 Å². The van der Waals surface area contributed by atoms with E-state index in [1.54, 1.807) is 12.1 Å². The third-order valence-electron chi connectivity index (χ3n) is 3.75. The van der Waals surface area contributed by atoms with Crippen LogP contribution in [-0.2, 0) is 11.3 Å². The normalized spacial score (nSPS) is 11.1. The minimum Gasteiger partial charge on any atom is -0.319 e. The van der Waals surface area contributed by atoms with E-state index in [4.69, 9.17) is 0 Å². The van der Waals surface area contributed by atoms with Crippen molar-refractivity contribution in [1.29, 1.82) is 0 Å². The molecule has 0 bridgehead atoms. The Labute approximate surface area is 159 Å². The van der Waals surface area contributed by atoms with Crippen molar-refractivity contribution < 1.29 is 9.72 Å². The van der Waals surface area contributed by atoms with Gasteiger partial charge in [-0.05, 0) is 19.1 Å². The fourth-order valence-corrected chi connectivity index (χ4v) is 3.40. The monoisotopic (exact) mass is 383 g/mol. The van der Waals surface area contributed by atoms with Crippen molar-refractivity contribution in [2.45, 2.75) is 18.6 Å². The minimum absolute atomic E-state index is 0.0284. The molecule has 0 fully saturated rings. The van der Waals surface area contributed by atoms with Gasteiger partial charge in [-0.15, -0.1) is 0 Å². The van der Waals surface area contributed by atoms with Crippen LogP contribution in [0.4, 0.5) is 5.69 Å². The molecule has 0 spiro atoms. The van der Waals surface area contributed by atoms with Crippen molar-refractivity contribution in [3.8, 4) is 0 Å². The topological polar surface area (TPSA) is 102 Å². The summed E-state index contributed by atoms with van der Waals surface area (Å²) in [5.41, 5.74) is 4.86. The van der Waals surface area contributed by atoms with Crippen LogP contribution in [0, 0.1) is 10.1 Å². The number of hydrogen-bond donors (Lipinski definition) is 1. The molecule has 2 aromatic carbocycles. The van der Waals surface area contributed by atoms with Crippen molar-refractivity contribution in [2.24, 2.45) is 5.10 Å². The van der Waals surface area contributed by atoms with Gasteiger partial charge in [0, 0.05) is 24.2 Å². The Hall–Kier alpha value is -3.20. The Morgan fingerprint density at radius 1 is 1.33 bits per heavy atom. The molecule has 1 aromatic heterocycles. The number of fused-ring (bicyclic) bond motifs is 1. The highest BCUT2D eigenvalue weighted by molar-refractivity contribution is 7.99. The summed E-state index contributed by atoms with van der Waals surface area (Å²) in [5, 5.41) is 15.4. The fraction of sp³-hybridized carbons (Fsp3) is 0.167. The molecule has 0 unspecified atom stereocenters. The van der Waals surface area contributed by atoms with Gasteiger partial charge in [-0.3, -0.25) is 14.9 Å². The maximum absolute atomic E-state index is 12.0. The first-order chi connectivity index (χ1) is 13.1. The maximum Gasteiger partial charge on any atom is 0.270 e. The number of carbonyl (C=O) groups excluding carboxylic acids is 1. The Morgan fingerprint density at radius 2 is 2.15 bits per heavy atom. The number of aryl methyl sites for hydroxylation is 1. The second-order valence-corrected chi connectivity index (χ2v) is 6.50. The molecule has 0 aliphatic carbocycles. The fourth-order valence-electron chi connectivity index (χ4n) is 2.53. The zero-order valence-electron chi connectivity index (χ0n) is 14.5. The summed E-state index contributed by atoms with van der Waals surface area (Å²) in [6.07, 6.45) is 1.37. The Morgan fingerprint density at radius 3 is 2.93 bits per heavy atom. The standard InChI is InChI=1S/C18H17N5O3S/c1-2-22-16-9-4-3-8-15(16)20-18(22)27-12-17(24)21-19-11-13-6-5-7-14(10-13)23(25)26/h3-11H,2,12H2,1H3,(H,21,24). The number of para-hydroxylation sites is 2. The van der Waals surface area contributed by atoms with Gasteiger partial charge in [0.05, 0.1) is 27.9 Å². The number of nitro benzene ring substituents is 1. The summed E-state index contributed by atoms with van der Waals surface area (Å²) in [4.78, 5) is 26.8. The molecule has 9 heteroatoms. The third-order valence-corrected chi connectivity index (χ3v) is 4.73. The highest BCUT2D eigenvalue weighted by Crippen LogP contribution is 2.23. The number of rotatable bonds is 7. The molecule has 138 valence electrons. The Bertz CT molecular complexity index is 1020. The molecule has 27 heavy (non-hydrogen) atoms. The lowest BCUT2D eigenvalue weighted by molar-refractivity contribution is -0.384. The first-order valence-corrected chi connectivity index (χ1v) is 9.21. The summed E-state index contributed by atoms with van der Waals surface area (Å²) in [6, 6.07) is 13.8. The summed E-state index contributed by atoms with van der Waals surface area (Å²) in [5.74, 6) is -0.119. The number of nitrogens with zero attached hydrogens (tertiary/aromatic N) is 4. The average Bonchev–Trinajstić information content (AvgIpc) is 3.04. The first-order valence-electron chi connectivity index (χ1n) is 8.23. The lowest BCUT2D eigenvalue weighted by atomic mass is 10.2. The molecule has 0 aliphatic heterocycles. The van der Waals surface area contributed by atoms with Crippen LogP contribution in [0.3, 0.4) is 0 Å². The molecular weight excluding hydrogens is 366 g/mol. The van der Waals surface area contributed by atoms with Crippen LogP contribution in [0.5, 0.6) is 0 Å². The van der Waals surface area contributed by atoms with E-state index >= 15 is 0 Å². The van der Waals surface area contributed by atoms with Crippen LogP contribution in [-0.4, -0.2) is 32.3 Å². The minimum atomic E-state index is -0.480. The quantitative estimate of drug-likeness (QED) is 0.292. The van der Waals surface area contributed by atoms with Gasteiger partial charge in [0.1, 0.15) is 0 Å². The van der Waals surface area contributed by atoms with E-state index in [0.717, 1.165) is 22.7 Å². The molecule has 1 N–H and O–H groups in total. The summed E-state index contributed by atoms with van der Waals surface area (Å²) in [6.45, 7) is 2.79. The highest BCUT2D eigenvalue weighted by atomic mass is 32.2. The van der Waals surface area contributed by atoms with Crippen LogP contribution < -0.4 is 5.43 Å².